The average Bonchev–Trinajstić information content (AvgIpc) is 3.15. The zero-order valence-electron chi connectivity index (χ0n) is 14.9. The molecule has 9 heteroatoms. The van der Waals surface area contributed by atoms with Crippen LogP contribution in [-0.4, -0.2) is 25.9 Å². The predicted octanol–water partition coefficient (Wildman–Crippen LogP) is 3.47. The minimum absolute atomic E-state index is 0.0433. The number of aromatic nitrogens is 4. The molecule has 0 aliphatic rings. The van der Waals surface area contributed by atoms with Crippen LogP contribution in [0.1, 0.15) is 21.7 Å². The molecule has 0 spiro atoms. The summed E-state index contributed by atoms with van der Waals surface area (Å²) in [7, 11) is 0. The Bertz CT molecular complexity index is 1140. The molecule has 0 bridgehead atoms. The lowest BCUT2D eigenvalue weighted by Gasteiger charge is -2.08. The molecular weight excluding hydrogens is 376 g/mol. The quantitative estimate of drug-likeness (QED) is 0.496. The number of nitrogens with one attached hydrogen (secondary N) is 1. The van der Waals surface area contributed by atoms with E-state index in [9.17, 15) is 4.79 Å². The van der Waals surface area contributed by atoms with Crippen LogP contribution >= 0.6 is 11.3 Å². The summed E-state index contributed by atoms with van der Waals surface area (Å²) < 4.78 is 6.24. The van der Waals surface area contributed by atoms with E-state index in [1.165, 1.54) is 11.3 Å². The summed E-state index contributed by atoms with van der Waals surface area (Å²) in [6.45, 7) is 1.89. The van der Waals surface area contributed by atoms with Gasteiger partial charge in [-0.15, -0.1) is 11.3 Å². The Morgan fingerprint density at radius 2 is 1.96 bits per heavy atom. The third kappa shape index (κ3) is 4.04. The maximum atomic E-state index is 12.3. The van der Waals surface area contributed by atoms with Gasteiger partial charge in [-0.05, 0) is 37.3 Å². The second-order valence-corrected chi connectivity index (χ2v) is 6.92. The number of aryl methyl sites for hydroxylation is 1. The molecule has 2 heterocycles. The maximum absolute atomic E-state index is 12.3. The van der Waals surface area contributed by atoms with Gasteiger partial charge in [0.1, 0.15) is 0 Å². The summed E-state index contributed by atoms with van der Waals surface area (Å²) >= 11 is 1.46. The van der Waals surface area contributed by atoms with Crippen molar-refractivity contribution in [3.05, 3.63) is 64.9 Å². The van der Waals surface area contributed by atoms with Crippen molar-refractivity contribution in [2.24, 2.45) is 0 Å². The standard InChI is InChI=1S/C19H16N6O2S/c1-11-2-5-13(6-3-11)22-19-24-16(23-18(20)25-19)9-27-17(26)12-4-7-14-15(8-12)28-10-21-14/h2-8,10H,9H2,1H3,(H3,20,22,23,24,25). The second-order valence-electron chi connectivity index (χ2n) is 6.04. The van der Waals surface area contributed by atoms with Crippen molar-refractivity contribution in [3.63, 3.8) is 0 Å². The molecule has 140 valence electrons. The van der Waals surface area contributed by atoms with Crippen molar-refractivity contribution < 1.29 is 9.53 Å². The third-order valence-corrected chi connectivity index (χ3v) is 4.70. The van der Waals surface area contributed by atoms with Crippen LogP contribution < -0.4 is 11.1 Å². The average molecular weight is 392 g/mol. The van der Waals surface area contributed by atoms with E-state index in [0.717, 1.165) is 21.5 Å². The van der Waals surface area contributed by atoms with Gasteiger partial charge in [-0.2, -0.15) is 15.0 Å². The zero-order chi connectivity index (χ0) is 19.5. The first kappa shape index (κ1) is 17.8. The Kier molecular flexibility index (Phi) is 4.81. The van der Waals surface area contributed by atoms with Gasteiger partial charge in [0.15, 0.2) is 12.4 Å². The summed E-state index contributed by atoms with van der Waals surface area (Å²) in [6.07, 6.45) is 0. The van der Waals surface area contributed by atoms with E-state index >= 15 is 0 Å². The molecule has 0 saturated carbocycles. The number of ether oxygens (including phenoxy) is 1. The molecule has 0 atom stereocenters. The van der Waals surface area contributed by atoms with Gasteiger partial charge in [0.05, 0.1) is 21.3 Å². The van der Waals surface area contributed by atoms with E-state index in [2.05, 4.69) is 25.3 Å². The number of esters is 1. The fraction of sp³-hybridized carbons (Fsp3) is 0.105. The number of hydrogen-bond donors (Lipinski definition) is 2. The first-order valence-electron chi connectivity index (χ1n) is 8.41. The van der Waals surface area contributed by atoms with E-state index in [-0.39, 0.29) is 24.3 Å². The van der Waals surface area contributed by atoms with Gasteiger partial charge >= 0.3 is 5.97 Å². The summed E-state index contributed by atoms with van der Waals surface area (Å²) in [5, 5.41) is 3.06. The molecule has 2 aromatic heterocycles. The molecule has 4 aromatic rings. The lowest BCUT2D eigenvalue weighted by molar-refractivity contribution is 0.0462. The number of nitrogens with zero attached hydrogens (tertiary/aromatic N) is 4. The molecule has 0 radical (unpaired) electrons. The summed E-state index contributed by atoms with van der Waals surface area (Å²) in [4.78, 5) is 28.9. The van der Waals surface area contributed by atoms with E-state index in [0.29, 0.717) is 5.56 Å². The summed E-state index contributed by atoms with van der Waals surface area (Å²) in [5.41, 5.74) is 10.7. The van der Waals surface area contributed by atoms with Crippen LogP contribution in [0.5, 0.6) is 0 Å². The van der Waals surface area contributed by atoms with Crippen molar-refractivity contribution >= 4 is 45.1 Å². The molecule has 2 aromatic carbocycles. The van der Waals surface area contributed by atoms with E-state index < -0.39 is 5.97 Å². The Balaban J connectivity index is 1.45. The molecule has 0 fully saturated rings. The third-order valence-electron chi connectivity index (χ3n) is 3.91. The Morgan fingerprint density at radius 1 is 1.14 bits per heavy atom. The molecule has 0 unspecified atom stereocenters. The number of fused-ring (bicyclic) bond motifs is 1. The number of benzene rings is 2. The fourth-order valence-corrected chi connectivity index (χ4v) is 3.24. The van der Waals surface area contributed by atoms with Gasteiger partial charge in [-0.1, -0.05) is 17.7 Å². The predicted molar refractivity (Wildman–Crippen MR) is 107 cm³/mol. The van der Waals surface area contributed by atoms with Crippen molar-refractivity contribution in [1.82, 2.24) is 19.9 Å². The second kappa shape index (κ2) is 7.57. The van der Waals surface area contributed by atoms with Gasteiger partial charge in [0.25, 0.3) is 0 Å². The number of carbonyl (C=O) groups excluding carboxylic acids is 1. The molecular formula is C19H16N6O2S. The van der Waals surface area contributed by atoms with Gasteiger partial charge in [0.2, 0.25) is 11.9 Å². The SMILES string of the molecule is Cc1ccc(Nc2nc(N)nc(COC(=O)c3ccc4ncsc4c3)n2)cc1. The highest BCUT2D eigenvalue weighted by molar-refractivity contribution is 7.16. The lowest BCUT2D eigenvalue weighted by atomic mass is 10.2. The van der Waals surface area contributed by atoms with Crippen molar-refractivity contribution in [2.45, 2.75) is 13.5 Å². The van der Waals surface area contributed by atoms with Crippen LogP contribution in [0.3, 0.4) is 0 Å². The molecule has 28 heavy (non-hydrogen) atoms. The lowest BCUT2D eigenvalue weighted by Crippen LogP contribution is -2.11. The zero-order valence-corrected chi connectivity index (χ0v) is 15.7. The van der Waals surface area contributed by atoms with Crippen LogP contribution in [-0.2, 0) is 11.3 Å². The number of hydrogen-bond acceptors (Lipinski definition) is 9. The number of rotatable bonds is 5. The van der Waals surface area contributed by atoms with Gasteiger partial charge in [-0.3, -0.25) is 0 Å². The maximum Gasteiger partial charge on any atom is 0.338 e. The minimum Gasteiger partial charge on any atom is -0.454 e. The van der Waals surface area contributed by atoms with Crippen LogP contribution in [0.15, 0.2) is 48.0 Å². The van der Waals surface area contributed by atoms with Gasteiger partial charge in [0, 0.05) is 5.69 Å². The normalized spacial score (nSPS) is 10.8. The molecule has 0 saturated heterocycles. The van der Waals surface area contributed by atoms with E-state index in [4.69, 9.17) is 10.5 Å². The molecule has 3 N–H and O–H groups in total. The first-order chi connectivity index (χ1) is 13.6. The van der Waals surface area contributed by atoms with Crippen LogP contribution in [0, 0.1) is 6.92 Å². The molecule has 0 amide bonds. The van der Waals surface area contributed by atoms with Crippen LogP contribution in [0.2, 0.25) is 0 Å². The summed E-state index contributed by atoms with van der Waals surface area (Å²) in [5.74, 6) is 0.117. The van der Waals surface area contributed by atoms with Crippen molar-refractivity contribution in [2.75, 3.05) is 11.1 Å². The number of thiazole rings is 1. The van der Waals surface area contributed by atoms with Crippen LogP contribution in [0.4, 0.5) is 17.6 Å². The Hall–Kier alpha value is -3.59. The minimum atomic E-state index is -0.470. The van der Waals surface area contributed by atoms with Crippen LogP contribution in [0.25, 0.3) is 10.2 Å². The largest absolute Gasteiger partial charge is 0.454 e. The smallest absolute Gasteiger partial charge is 0.338 e. The molecule has 0 aliphatic carbocycles. The topological polar surface area (TPSA) is 116 Å². The monoisotopic (exact) mass is 392 g/mol. The first-order valence-corrected chi connectivity index (χ1v) is 9.29. The fourth-order valence-electron chi connectivity index (χ4n) is 2.52. The molecule has 8 nitrogen and oxygen atoms in total. The Labute approximate surface area is 164 Å². The number of carbonyl (C=O) groups is 1. The van der Waals surface area contributed by atoms with E-state index in [1.54, 1.807) is 23.7 Å². The molecule has 0 aliphatic heterocycles. The summed E-state index contributed by atoms with van der Waals surface area (Å²) in [6, 6.07) is 13.0. The number of nitrogens with two attached hydrogens (primary N) is 1. The van der Waals surface area contributed by atoms with E-state index in [1.807, 2.05) is 31.2 Å². The highest BCUT2D eigenvalue weighted by Gasteiger charge is 2.12. The number of anilines is 3. The Morgan fingerprint density at radius 3 is 2.79 bits per heavy atom. The van der Waals surface area contributed by atoms with Gasteiger partial charge in [-0.25, -0.2) is 9.78 Å². The van der Waals surface area contributed by atoms with Crippen molar-refractivity contribution in [3.8, 4) is 0 Å². The highest BCUT2D eigenvalue weighted by Crippen LogP contribution is 2.20. The van der Waals surface area contributed by atoms with Gasteiger partial charge < -0.3 is 15.8 Å². The highest BCUT2D eigenvalue weighted by atomic mass is 32.1. The molecule has 4 rings (SSSR count). The van der Waals surface area contributed by atoms with Crippen molar-refractivity contribution in [1.29, 1.82) is 0 Å². The number of nitrogen functional groups attached to an aromatic ring is 1.